The number of amides is 1. The maximum absolute atomic E-state index is 13.8. The third kappa shape index (κ3) is 2.98. The summed E-state index contributed by atoms with van der Waals surface area (Å²) >= 11 is 5.95. The Hall–Kier alpha value is -1.87. The van der Waals surface area contributed by atoms with Crippen molar-refractivity contribution < 1.29 is 9.18 Å². The molecule has 1 aliphatic carbocycles. The molecule has 3 rings (SSSR count). The fraction of sp³-hybridized carbons (Fsp3) is 0.316. The Morgan fingerprint density at radius 2 is 1.83 bits per heavy atom. The van der Waals surface area contributed by atoms with Crippen LogP contribution in [0.25, 0.3) is 0 Å². The standard InChI is InChI=1S/C19H19ClFNO/c1-22(13-14-5-2-3-6-17(14)21)18(23)19(11-4-12-19)15-7-9-16(20)10-8-15/h2-3,5-10H,4,11-13H2,1H3. The van der Waals surface area contributed by atoms with Crippen LogP contribution in [0.3, 0.4) is 0 Å². The lowest BCUT2D eigenvalue weighted by Gasteiger charge is -2.43. The lowest BCUT2D eigenvalue weighted by atomic mass is 9.63. The monoisotopic (exact) mass is 331 g/mol. The first-order valence-electron chi connectivity index (χ1n) is 7.78. The van der Waals surface area contributed by atoms with E-state index in [2.05, 4.69) is 0 Å². The van der Waals surface area contributed by atoms with Crippen molar-refractivity contribution in [1.29, 1.82) is 0 Å². The summed E-state index contributed by atoms with van der Waals surface area (Å²) in [6.07, 6.45) is 2.69. The molecule has 0 spiro atoms. The molecule has 0 radical (unpaired) electrons. The number of benzene rings is 2. The van der Waals surface area contributed by atoms with Crippen LogP contribution in [-0.2, 0) is 16.8 Å². The third-order valence-electron chi connectivity index (χ3n) is 4.73. The number of hydrogen-bond donors (Lipinski definition) is 0. The number of carbonyl (C=O) groups is 1. The molecule has 4 heteroatoms. The van der Waals surface area contributed by atoms with Gasteiger partial charge < -0.3 is 4.90 Å². The van der Waals surface area contributed by atoms with E-state index in [0.29, 0.717) is 10.6 Å². The lowest BCUT2D eigenvalue weighted by molar-refractivity contribution is -0.140. The highest BCUT2D eigenvalue weighted by atomic mass is 35.5. The van der Waals surface area contributed by atoms with Gasteiger partial charge in [-0.1, -0.05) is 48.4 Å². The molecule has 0 saturated heterocycles. The molecule has 120 valence electrons. The molecule has 0 N–H and O–H groups in total. The molecule has 2 aromatic carbocycles. The number of likely N-dealkylation sites (N-methyl/N-ethyl adjacent to an activating group) is 1. The van der Waals surface area contributed by atoms with E-state index in [0.717, 1.165) is 24.8 Å². The molecule has 23 heavy (non-hydrogen) atoms. The van der Waals surface area contributed by atoms with Crippen molar-refractivity contribution >= 4 is 17.5 Å². The van der Waals surface area contributed by atoms with Gasteiger partial charge in [0, 0.05) is 24.2 Å². The highest BCUT2D eigenvalue weighted by Crippen LogP contribution is 2.45. The SMILES string of the molecule is CN(Cc1ccccc1F)C(=O)C1(c2ccc(Cl)cc2)CCC1. The highest BCUT2D eigenvalue weighted by Gasteiger charge is 2.46. The molecule has 1 saturated carbocycles. The van der Waals surface area contributed by atoms with Crippen molar-refractivity contribution in [3.63, 3.8) is 0 Å². The Bertz CT molecular complexity index is 710. The van der Waals surface area contributed by atoms with Gasteiger partial charge in [0.15, 0.2) is 0 Å². The average Bonchev–Trinajstić information content (AvgIpc) is 2.50. The molecule has 2 aromatic rings. The van der Waals surface area contributed by atoms with Gasteiger partial charge in [-0.3, -0.25) is 4.79 Å². The topological polar surface area (TPSA) is 20.3 Å². The summed E-state index contributed by atoms with van der Waals surface area (Å²) in [5.74, 6) is -0.226. The van der Waals surface area contributed by atoms with Gasteiger partial charge in [-0.05, 0) is 36.6 Å². The maximum Gasteiger partial charge on any atom is 0.233 e. The van der Waals surface area contributed by atoms with Crippen LogP contribution in [-0.4, -0.2) is 17.9 Å². The Balaban J connectivity index is 1.82. The van der Waals surface area contributed by atoms with E-state index in [1.165, 1.54) is 6.07 Å². The first-order valence-corrected chi connectivity index (χ1v) is 8.16. The Morgan fingerprint density at radius 3 is 2.39 bits per heavy atom. The van der Waals surface area contributed by atoms with Crippen LogP contribution in [0.1, 0.15) is 30.4 Å². The molecule has 0 heterocycles. The second kappa shape index (κ2) is 6.32. The van der Waals surface area contributed by atoms with Crippen LogP contribution < -0.4 is 0 Å². The van der Waals surface area contributed by atoms with Crippen LogP contribution in [0.4, 0.5) is 4.39 Å². The maximum atomic E-state index is 13.8. The summed E-state index contributed by atoms with van der Waals surface area (Å²) in [5.41, 5.74) is 1.05. The van der Waals surface area contributed by atoms with Crippen molar-refractivity contribution in [1.82, 2.24) is 4.90 Å². The first kappa shape index (κ1) is 16.0. The van der Waals surface area contributed by atoms with Crippen LogP contribution in [0.2, 0.25) is 5.02 Å². The summed E-state index contributed by atoms with van der Waals surface area (Å²) in [5, 5.41) is 0.662. The predicted molar refractivity (Wildman–Crippen MR) is 89.9 cm³/mol. The zero-order valence-corrected chi connectivity index (χ0v) is 13.8. The van der Waals surface area contributed by atoms with Gasteiger partial charge >= 0.3 is 0 Å². The molecule has 0 aliphatic heterocycles. The van der Waals surface area contributed by atoms with E-state index in [-0.39, 0.29) is 18.3 Å². The fourth-order valence-electron chi connectivity index (χ4n) is 3.24. The second-order valence-electron chi connectivity index (χ2n) is 6.20. The van der Waals surface area contributed by atoms with Gasteiger partial charge in [-0.15, -0.1) is 0 Å². The lowest BCUT2D eigenvalue weighted by Crippen LogP contribution is -2.49. The van der Waals surface area contributed by atoms with Gasteiger partial charge in [-0.25, -0.2) is 4.39 Å². The van der Waals surface area contributed by atoms with Crippen molar-refractivity contribution in [2.24, 2.45) is 0 Å². The summed E-state index contributed by atoms with van der Waals surface area (Å²) in [6.45, 7) is 0.279. The minimum absolute atomic E-state index is 0.0503. The first-order chi connectivity index (χ1) is 11.0. The average molecular weight is 332 g/mol. The Kier molecular flexibility index (Phi) is 4.40. The fourth-order valence-corrected chi connectivity index (χ4v) is 3.37. The van der Waals surface area contributed by atoms with Gasteiger partial charge in [0.05, 0.1) is 5.41 Å². The third-order valence-corrected chi connectivity index (χ3v) is 4.98. The van der Waals surface area contributed by atoms with Gasteiger partial charge in [0.2, 0.25) is 5.91 Å². The minimum Gasteiger partial charge on any atom is -0.341 e. The van der Waals surface area contributed by atoms with Crippen LogP contribution >= 0.6 is 11.6 Å². The highest BCUT2D eigenvalue weighted by molar-refractivity contribution is 6.30. The smallest absolute Gasteiger partial charge is 0.233 e. The number of carbonyl (C=O) groups excluding carboxylic acids is 1. The molecule has 1 aliphatic rings. The number of hydrogen-bond acceptors (Lipinski definition) is 1. The van der Waals surface area contributed by atoms with Gasteiger partial charge in [-0.2, -0.15) is 0 Å². The Morgan fingerprint density at radius 1 is 1.17 bits per heavy atom. The zero-order valence-electron chi connectivity index (χ0n) is 13.1. The van der Waals surface area contributed by atoms with E-state index >= 15 is 0 Å². The summed E-state index contributed by atoms with van der Waals surface area (Å²) < 4.78 is 13.8. The van der Waals surface area contributed by atoms with Crippen molar-refractivity contribution in [2.45, 2.75) is 31.2 Å². The molecule has 0 unspecified atom stereocenters. The molecule has 0 bridgehead atoms. The summed E-state index contributed by atoms with van der Waals surface area (Å²) in [6, 6.07) is 14.1. The summed E-state index contributed by atoms with van der Waals surface area (Å²) in [7, 11) is 1.74. The number of halogens is 2. The van der Waals surface area contributed by atoms with Crippen LogP contribution in [0, 0.1) is 5.82 Å². The normalized spacial score (nSPS) is 15.8. The van der Waals surface area contributed by atoms with E-state index in [1.807, 2.05) is 24.3 Å². The molecule has 1 amide bonds. The number of nitrogens with zero attached hydrogens (tertiary/aromatic N) is 1. The largest absolute Gasteiger partial charge is 0.341 e. The zero-order chi connectivity index (χ0) is 16.4. The van der Waals surface area contributed by atoms with Crippen molar-refractivity contribution in [3.05, 3.63) is 70.5 Å². The second-order valence-corrected chi connectivity index (χ2v) is 6.63. The minimum atomic E-state index is -0.482. The van der Waals surface area contributed by atoms with Crippen LogP contribution in [0.15, 0.2) is 48.5 Å². The molecule has 2 nitrogen and oxygen atoms in total. The summed E-state index contributed by atoms with van der Waals surface area (Å²) in [4.78, 5) is 14.6. The van der Waals surface area contributed by atoms with Crippen molar-refractivity contribution in [2.75, 3.05) is 7.05 Å². The predicted octanol–water partition coefficient (Wildman–Crippen LogP) is 4.56. The Labute approximate surface area is 140 Å². The van der Waals surface area contributed by atoms with E-state index in [9.17, 15) is 9.18 Å². The quantitative estimate of drug-likeness (QED) is 0.804. The number of rotatable bonds is 4. The van der Waals surface area contributed by atoms with Crippen molar-refractivity contribution in [3.8, 4) is 0 Å². The van der Waals surface area contributed by atoms with Crippen LogP contribution in [0.5, 0.6) is 0 Å². The van der Waals surface area contributed by atoms with E-state index in [4.69, 9.17) is 11.6 Å². The molecule has 0 atom stereocenters. The molecular weight excluding hydrogens is 313 g/mol. The van der Waals surface area contributed by atoms with E-state index < -0.39 is 5.41 Å². The van der Waals surface area contributed by atoms with Gasteiger partial charge in [0.25, 0.3) is 0 Å². The van der Waals surface area contributed by atoms with Gasteiger partial charge in [0.1, 0.15) is 5.82 Å². The molecular formula is C19H19ClFNO. The van der Waals surface area contributed by atoms with E-state index in [1.54, 1.807) is 30.1 Å². The molecule has 1 fully saturated rings. The molecule has 0 aromatic heterocycles.